The van der Waals surface area contributed by atoms with Crippen molar-refractivity contribution in [1.82, 2.24) is 10.1 Å². The minimum absolute atomic E-state index is 0.00727. The summed E-state index contributed by atoms with van der Waals surface area (Å²) in [4.78, 5) is 6.44. The predicted molar refractivity (Wildman–Crippen MR) is 119 cm³/mol. The monoisotopic (exact) mass is 407 g/mol. The fourth-order valence-corrected chi connectivity index (χ4v) is 4.43. The highest BCUT2D eigenvalue weighted by Gasteiger charge is 2.19. The minimum atomic E-state index is -0.00727. The van der Waals surface area contributed by atoms with Gasteiger partial charge in [-0.15, -0.1) is 11.3 Å². The van der Waals surface area contributed by atoms with Crippen LogP contribution in [-0.2, 0) is 0 Å². The highest BCUT2D eigenvalue weighted by molar-refractivity contribution is 7.16. The Hall–Kier alpha value is -3.75. The maximum Gasteiger partial charge on any atom is 0.234 e. The lowest BCUT2D eigenvalue weighted by Gasteiger charge is -2.10. The molecule has 2 heterocycles. The zero-order valence-electron chi connectivity index (χ0n) is 16.2. The molecule has 1 unspecified atom stereocenters. The van der Waals surface area contributed by atoms with E-state index in [1.165, 1.54) is 27.7 Å². The Labute approximate surface area is 178 Å². The SMILES string of the molecule is CC(c1nc(-c2ccc(-c3ccc(C#N)s3)cc2)no1)c1cccc2ccccc12. The maximum atomic E-state index is 9.01. The van der Waals surface area contributed by atoms with E-state index in [1.54, 1.807) is 0 Å². The Morgan fingerprint density at radius 1 is 0.900 bits per heavy atom. The third-order valence-corrected chi connectivity index (χ3v) is 6.28. The molecule has 0 amide bonds. The van der Waals surface area contributed by atoms with Crippen molar-refractivity contribution in [3.05, 3.63) is 95.2 Å². The summed E-state index contributed by atoms with van der Waals surface area (Å²) in [5, 5.41) is 15.6. The number of rotatable bonds is 4. The first-order valence-electron chi connectivity index (χ1n) is 9.65. The smallest absolute Gasteiger partial charge is 0.234 e. The van der Waals surface area contributed by atoms with Crippen molar-refractivity contribution < 1.29 is 4.52 Å². The second-order valence-corrected chi connectivity index (χ2v) is 8.18. The molecule has 5 heteroatoms. The summed E-state index contributed by atoms with van der Waals surface area (Å²) in [6, 6.07) is 28.6. The molecule has 0 aliphatic rings. The first kappa shape index (κ1) is 18.3. The zero-order valence-corrected chi connectivity index (χ0v) is 17.1. The van der Waals surface area contributed by atoms with Crippen LogP contribution in [-0.4, -0.2) is 10.1 Å². The van der Waals surface area contributed by atoms with E-state index in [0.717, 1.165) is 16.0 Å². The molecule has 0 aliphatic carbocycles. The average molecular weight is 407 g/mol. The average Bonchev–Trinajstić information content (AvgIpc) is 3.48. The Balaban J connectivity index is 1.43. The first-order chi connectivity index (χ1) is 14.7. The molecule has 30 heavy (non-hydrogen) atoms. The normalized spacial score (nSPS) is 12.0. The molecule has 0 fully saturated rings. The van der Waals surface area contributed by atoms with Gasteiger partial charge < -0.3 is 4.52 Å². The van der Waals surface area contributed by atoms with Gasteiger partial charge in [-0.2, -0.15) is 10.2 Å². The maximum absolute atomic E-state index is 9.01. The molecule has 2 aromatic heterocycles. The third-order valence-electron chi connectivity index (χ3n) is 5.25. The van der Waals surface area contributed by atoms with E-state index in [2.05, 4.69) is 53.5 Å². The van der Waals surface area contributed by atoms with Gasteiger partial charge in [-0.3, -0.25) is 0 Å². The van der Waals surface area contributed by atoms with Crippen LogP contribution in [0.3, 0.4) is 0 Å². The molecule has 144 valence electrons. The van der Waals surface area contributed by atoms with Gasteiger partial charge in [0, 0.05) is 10.4 Å². The van der Waals surface area contributed by atoms with E-state index in [4.69, 9.17) is 9.78 Å². The third kappa shape index (κ3) is 3.28. The minimum Gasteiger partial charge on any atom is -0.338 e. The van der Waals surface area contributed by atoms with Crippen LogP contribution in [0.1, 0.15) is 29.2 Å². The molecule has 5 aromatic rings. The van der Waals surface area contributed by atoms with E-state index in [0.29, 0.717) is 16.6 Å². The van der Waals surface area contributed by atoms with Gasteiger partial charge in [0.15, 0.2) is 0 Å². The fourth-order valence-electron chi connectivity index (χ4n) is 3.63. The van der Waals surface area contributed by atoms with Crippen molar-refractivity contribution in [1.29, 1.82) is 5.26 Å². The van der Waals surface area contributed by atoms with Gasteiger partial charge in [0.05, 0.1) is 5.92 Å². The molecule has 4 nitrogen and oxygen atoms in total. The van der Waals surface area contributed by atoms with Crippen LogP contribution < -0.4 is 0 Å². The summed E-state index contributed by atoms with van der Waals surface area (Å²) < 4.78 is 5.62. The van der Waals surface area contributed by atoms with Crippen LogP contribution in [0, 0.1) is 11.3 Å². The summed E-state index contributed by atoms with van der Waals surface area (Å²) in [6.45, 7) is 2.09. The first-order valence-corrected chi connectivity index (χ1v) is 10.5. The molecule has 0 radical (unpaired) electrons. The highest BCUT2D eigenvalue weighted by Crippen LogP contribution is 2.32. The van der Waals surface area contributed by atoms with Crippen molar-refractivity contribution in [3.8, 4) is 27.9 Å². The van der Waals surface area contributed by atoms with Gasteiger partial charge in [0.2, 0.25) is 11.7 Å². The van der Waals surface area contributed by atoms with Gasteiger partial charge in [0.1, 0.15) is 10.9 Å². The largest absolute Gasteiger partial charge is 0.338 e. The lowest BCUT2D eigenvalue weighted by Crippen LogP contribution is -1.97. The van der Waals surface area contributed by atoms with Crippen molar-refractivity contribution in [2.75, 3.05) is 0 Å². The van der Waals surface area contributed by atoms with Crippen molar-refractivity contribution >= 4 is 22.1 Å². The van der Waals surface area contributed by atoms with E-state index < -0.39 is 0 Å². The van der Waals surface area contributed by atoms with Crippen LogP contribution in [0.4, 0.5) is 0 Å². The Morgan fingerprint density at radius 3 is 2.47 bits per heavy atom. The lowest BCUT2D eigenvalue weighted by atomic mass is 9.95. The number of fused-ring (bicyclic) bond motifs is 1. The summed E-state index contributed by atoms with van der Waals surface area (Å²) in [5.41, 5.74) is 3.14. The Morgan fingerprint density at radius 2 is 1.67 bits per heavy atom. The lowest BCUT2D eigenvalue weighted by molar-refractivity contribution is 0.371. The number of hydrogen-bond donors (Lipinski definition) is 0. The van der Waals surface area contributed by atoms with Gasteiger partial charge in [0.25, 0.3) is 0 Å². The van der Waals surface area contributed by atoms with E-state index in [1.807, 2.05) is 48.5 Å². The quantitative estimate of drug-likeness (QED) is 0.335. The van der Waals surface area contributed by atoms with Crippen LogP contribution >= 0.6 is 11.3 Å². The molecule has 3 aromatic carbocycles. The fraction of sp³-hybridized carbons (Fsp3) is 0.0800. The molecular formula is C25H17N3OS. The van der Waals surface area contributed by atoms with E-state index in [-0.39, 0.29) is 5.92 Å². The molecule has 0 N–H and O–H groups in total. The number of benzene rings is 3. The molecular weight excluding hydrogens is 390 g/mol. The van der Waals surface area contributed by atoms with Gasteiger partial charge in [-0.25, -0.2) is 0 Å². The predicted octanol–water partition coefficient (Wildman–Crippen LogP) is 6.64. The molecule has 0 bridgehead atoms. The number of hydrogen-bond acceptors (Lipinski definition) is 5. The van der Waals surface area contributed by atoms with Crippen LogP contribution in [0.25, 0.3) is 32.6 Å². The van der Waals surface area contributed by atoms with E-state index >= 15 is 0 Å². The summed E-state index contributed by atoms with van der Waals surface area (Å²) in [7, 11) is 0. The zero-order chi connectivity index (χ0) is 20.5. The van der Waals surface area contributed by atoms with E-state index in [9.17, 15) is 0 Å². The number of nitrogens with zero attached hydrogens (tertiary/aromatic N) is 3. The standard InChI is InChI=1S/C25H17N3OS/c1-16(21-8-4-6-17-5-2-3-7-22(17)21)25-27-24(28-29-25)19-11-9-18(10-12-19)23-14-13-20(15-26)30-23/h2-14,16H,1H3. The molecule has 5 rings (SSSR count). The topological polar surface area (TPSA) is 62.7 Å². The molecule has 0 saturated heterocycles. The Bertz CT molecular complexity index is 1370. The second-order valence-electron chi connectivity index (χ2n) is 7.10. The van der Waals surface area contributed by atoms with Crippen LogP contribution in [0.2, 0.25) is 0 Å². The van der Waals surface area contributed by atoms with Crippen molar-refractivity contribution in [2.24, 2.45) is 0 Å². The molecule has 0 spiro atoms. The van der Waals surface area contributed by atoms with Gasteiger partial charge in [-0.1, -0.05) is 71.9 Å². The summed E-state index contributed by atoms with van der Waals surface area (Å²) in [6.07, 6.45) is 0. The van der Waals surface area contributed by atoms with Crippen LogP contribution in [0.15, 0.2) is 83.4 Å². The number of thiophene rings is 1. The number of nitriles is 1. The Kier molecular flexibility index (Phi) is 4.62. The summed E-state index contributed by atoms with van der Waals surface area (Å²) in [5.74, 6) is 1.17. The van der Waals surface area contributed by atoms with Gasteiger partial charge >= 0.3 is 0 Å². The van der Waals surface area contributed by atoms with Crippen molar-refractivity contribution in [2.45, 2.75) is 12.8 Å². The van der Waals surface area contributed by atoms with Crippen molar-refractivity contribution in [3.63, 3.8) is 0 Å². The molecule has 1 atom stereocenters. The highest BCUT2D eigenvalue weighted by atomic mass is 32.1. The molecule has 0 saturated carbocycles. The number of aromatic nitrogens is 2. The van der Waals surface area contributed by atoms with Gasteiger partial charge in [-0.05, 0) is 41.0 Å². The van der Waals surface area contributed by atoms with Crippen LogP contribution in [0.5, 0.6) is 0 Å². The molecule has 0 aliphatic heterocycles. The second kappa shape index (κ2) is 7.58. The summed E-state index contributed by atoms with van der Waals surface area (Å²) >= 11 is 1.48.